The normalized spacial score (nSPS) is 13.8. The van der Waals surface area contributed by atoms with Crippen molar-refractivity contribution >= 4 is 33.0 Å². The fourth-order valence-corrected chi connectivity index (χ4v) is 4.47. The van der Waals surface area contributed by atoms with Crippen molar-refractivity contribution in [3.63, 3.8) is 0 Å². The quantitative estimate of drug-likeness (QED) is 0.782. The summed E-state index contributed by atoms with van der Waals surface area (Å²) in [4.78, 5) is 1.17. The molecule has 0 spiro atoms. The van der Waals surface area contributed by atoms with E-state index in [1.807, 2.05) is 24.4 Å². The van der Waals surface area contributed by atoms with Crippen molar-refractivity contribution in [1.82, 2.24) is 4.31 Å². The average Bonchev–Trinajstić information content (AvgIpc) is 3.05. The number of nitrogens with zero attached hydrogens (tertiary/aromatic N) is 1. The summed E-state index contributed by atoms with van der Waals surface area (Å²) in [5.41, 5.74) is 0. The van der Waals surface area contributed by atoms with Crippen LogP contribution in [0.1, 0.15) is 29.4 Å². The number of halogens is 1. The molecule has 0 radical (unpaired) electrons. The number of aryl methyl sites for hydroxylation is 1. The van der Waals surface area contributed by atoms with Crippen molar-refractivity contribution in [3.05, 3.63) is 40.0 Å². The zero-order valence-corrected chi connectivity index (χ0v) is 13.8. The van der Waals surface area contributed by atoms with Crippen LogP contribution < -0.4 is 0 Å². The van der Waals surface area contributed by atoms with Gasteiger partial charge in [0.15, 0.2) is 0 Å². The Morgan fingerprint density at radius 2 is 2.20 bits per heavy atom. The predicted octanol–water partition coefficient (Wildman–Crippen LogP) is 3.77. The average molecular weight is 334 g/mol. The third-order valence-electron chi connectivity index (χ3n) is 3.21. The van der Waals surface area contributed by atoms with Crippen molar-refractivity contribution in [2.45, 2.75) is 30.7 Å². The smallest absolute Gasteiger partial charge is 0.246 e. The first-order valence-corrected chi connectivity index (χ1v) is 8.90. The summed E-state index contributed by atoms with van der Waals surface area (Å²) in [6.07, 6.45) is 0. The summed E-state index contributed by atoms with van der Waals surface area (Å²) in [7, 11) is -2.02. The Kier molecular flexibility index (Phi) is 4.59. The number of hydrogen-bond acceptors (Lipinski definition) is 4. The van der Waals surface area contributed by atoms with E-state index in [4.69, 9.17) is 16.0 Å². The molecule has 0 bridgehead atoms. The highest BCUT2D eigenvalue weighted by Gasteiger charge is 2.30. The Bertz CT molecular complexity index is 677. The van der Waals surface area contributed by atoms with Crippen LogP contribution in [-0.4, -0.2) is 19.8 Å². The van der Waals surface area contributed by atoms with E-state index in [0.29, 0.717) is 11.5 Å². The van der Waals surface area contributed by atoms with Crippen molar-refractivity contribution in [3.8, 4) is 0 Å². The van der Waals surface area contributed by atoms with E-state index in [-0.39, 0.29) is 16.8 Å². The van der Waals surface area contributed by atoms with Crippen LogP contribution in [0.15, 0.2) is 32.9 Å². The van der Waals surface area contributed by atoms with Gasteiger partial charge in [-0.3, -0.25) is 0 Å². The molecule has 110 valence electrons. The highest BCUT2D eigenvalue weighted by atomic mass is 35.5. The molecule has 1 unspecified atom stereocenters. The molecule has 2 heterocycles. The van der Waals surface area contributed by atoms with E-state index in [1.54, 1.807) is 14.0 Å². The monoisotopic (exact) mass is 333 g/mol. The molecular weight excluding hydrogens is 318 g/mol. The van der Waals surface area contributed by atoms with E-state index in [1.165, 1.54) is 21.7 Å². The lowest BCUT2D eigenvalue weighted by Crippen LogP contribution is -2.29. The highest BCUT2D eigenvalue weighted by molar-refractivity contribution is 7.89. The zero-order valence-electron chi connectivity index (χ0n) is 11.5. The van der Waals surface area contributed by atoms with Crippen LogP contribution in [-0.2, 0) is 15.9 Å². The Morgan fingerprint density at radius 3 is 2.70 bits per heavy atom. The Morgan fingerprint density at radius 1 is 1.50 bits per heavy atom. The number of alkyl halides is 1. The van der Waals surface area contributed by atoms with Crippen LogP contribution in [0.2, 0.25) is 0 Å². The minimum atomic E-state index is -3.60. The number of sulfonamides is 1. The fourth-order valence-electron chi connectivity index (χ4n) is 1.92. The van der Waals surface area contributed by atoms with Gasteiger partial charge in [-0.2, -0.15) is 4.31 Å². The molecule has 0 N–H and O–H groups in total. The van der Waals surface area contributed by atoms with Gasteiger partial charge < -0.3 is 4.42 Å². The first-order valence-electron chi connectivity index (χ1n) is 6.04. The largest absolute Gasteiger partial charge is 0.464 e. The number of furan rings is 1. The van der Waals surface area contributed by atoms with E-state index in [9.17, 15) is 8.42 Å². The maximum absolute atomic E-state index is 12.6. The second kappa shape index (κ2) is 5.89. The number of hydrogen-bond donors (Lipinski definition) is 0. The first kappa shape index (κ1) is 15.6. The van der Waals surface area contributed by atoms with Crippen molar-refractivity contribution in [2.75, 3.05) is 7.05 Å². The Balaban J connectivity index is 2.36. The summed E-state index contributed by atoms with van der Waals surface area (Å²) >= 11 is 7.22. The summed E-state index contributed by atoms with van der Waals surface area (Å²) in [5.74, 6) is 0.978. The topological polar surface area (TPSA) is 50.5 Å². The minimum Gasteiger partial charge on any atom is -0.464 e. The van der Waals surface area contributed by atoms with Crippen LogP contribution in [0.4, 0.5) is 0 Å². The van der Waals surface area contributed by atoms with E-state index >= 15 is 0 Å². The molecule has 20 heavy (non-hydrogen) atoms. The maximum atomic E-state index is 12.6. The lowest BCUT2D eigenvalue weighted by Gasteiger charge is -2.23. The summed E-state index contributed by atoms with van der Waals surface area (Å²) in [6.45, 7) is 3.49. The molecule has 7 heteroatoms. The molecule has 0 aliphatic rings. The van der Waals surface area contributed by atoms with Gasteiger partial charge in [-0.05, 0) is 25.3 Å². The minimum absolute atomic E-state index is 0.153. The van der Waals surface area contributed by atoms with Gasteiger partial charge in [0.25, 0.3) is 0 Å². The van der Waals surface area contributed by atoms with Gasteiger partial charge >= 0.3 is 0 Å². The molecule has 0 aliphatic heterocycles. The van der Waals surface area contributed by atoms with Crippen LogP contribution in [0, 0.1) is 6.92 Å². The molecule has 4 nitrogen and oxygen atoms in total. The predicted molar refractivity (Wildman–Crippen MR) is 80.7 cm³/mol. The van der Waals surface area contributed by atoms with Gasteiger partial charge in [-0.1, -0.05) is 6.07 Å². The highest BCUT2D eigenvalue weighted by Crippen LogP contribution is 2.31. The molecule has 0 saturated carbocycles. The summed E-state index contributed by atoms with van der Waals surface area (Å²) in [5, 5.41) is 1.93. The molecule has 2 rings (SSSR count). The molecule has 2 aromatic heterocycles. The SMILES string of the molecule is Cc1oc(CCl)cc1S(=O)(=O)N(C)C(C)c1cccs1. The molecule has 0 aromatic carbocycles. The van der Waals surface area contributed by atoms with Crippen molar-refractivity contribution in [1.29, 1.82) is 0 Å². The zero-order chi connectivity index (χ0) is 14.9. The van der Waals surface area contributed by atoms with Crippen molar-refractivity contribution < 1.29 is 12.8 Å². The summed E-state index contributed by atoms with van der Waals surface area (Å²) < 4.78 is 32.0. The Hall–Kier alpha value is -0.820. The fraction of sp³-hybridized carbons (Fsp3) is 0.385. The van der Waals surface area contributed by atoms with Gasteiger partial charge in [0.1, 0.15) is 16.4 Å². The molecular formula is C13H16ClNO3S2. The second-order valence-corrected chi connectivity index (χ2v) is 7.69. The standard InChI is InChI=1S/C13H16ClNO3S2/c1-9(12-5-4-6-19-12)15(3)20(16,17)13-7-11(8-14)18-10(13)2/h4-7,9H,8H2,1-3H3. The Labute approximate surface area is 128 Å². The van der Waals surface area contributed by atoms with Gasteiger partial charge in [-0.25, -0.2) is 8.42 Å². The van der Waals surface area contributed by atoms with Crippen LogP contribution in [0.5, 0.6) is 0 Å². The number of rotatable bonds is 5. The summed E-state index contributed by atoms with van der Waals surface area (Å²) in [6, 6.07) is 5.10. The van der Waals surface area contributed by atoms with Gasteiger partial charge in [-0.15, -0.1) is 22.9 Å². The third-order valence-corrected chi connectivity index (χ3v) is 6.55. The molecule has 0 amide bonds. The van der Waals surface area contributed by atoms with Gasteiger partial charge in [0.05, 0.1) is 11.9 Å². The second-order valence-electron chi connectivity index (χ2n) is 4.48. The maximum Gasteiger partial charge on any atom is 0.246 e. The lowest BCUT2D eigenvalue weighted by molar-refractivity contribution is 0.401. The molecule has 0 fully saturated rings. The van der Waals surface area contributed by atoms with Crippen LogP contribution in [0.3, 0.4) is 0 Å². The number of thiophene rings is 1. The molecule has 0 aliphatic carbocycles. The molecule has 1 atom stereocenters. The molecule has 2 aromatic rings. The van der Waals surface area contributed by atoms with E-state index < -0.39 is 10.0 Å². The lowest BCUT2D eigenvalue weighted by atomic mass is 10.3. The van der Waals surface area contributed by atoms with Gasteiger partial charge in [0.2, 0.25) is 10.0 Å². The van der Waals surface area contributed by atoms with Gasteiger partial charge in [0, 0.05) is 18.0 Å². The molecule has 0 saturated heterocycles. The van der Waals surface area contributed by atoms with E-state index in [2.05, 4.69) is 0 Å². The third kappa shape index (κ3) is 2.79. The first-order chi connectivity index (χ1) is 9.37. The van der Waals surface area contributed by atoms with Crippen molar-refractivity contribution in [2.24, 2.45) is 0 Å². The van der Waals surface area contributed by atoms with Crippen LogP contribution in [0.25, 0.3) is 0 Å². The van der Waals surface area contributed by atoms with E-state index in [0.717, 1.165) is 4.88 Å². The van der Waals surface area contributed by atoms with Crippen LogP contribution >= 0.6 is 22.9 Å².